The standard InChI is InChI=1S/C14H11N3O5/c1-9-4-5-12(14(15-9)17(18)19)21-8-10-7-13(22-16-10)11-3-2-6-20-11/h2-7H,8H2,1H3. The van der Waals surface area contributed by atoms with Gasteiger partial charge in [-0.3, -0.25) is 0 Å². The maximum atomic E-state index is 11.0. The van der Waals surface area contributed by atoms with Crippen molar-refractivity contribution in [2.75, 3.05) is 0 Å². The third-order valence-corrected chi connectivity index (χ3v) is 2.85. The minimum Gasteiger partial charge on any atom is -0.479 e. The molecule has 0 radical (unpaired) electrons. The zero-order valence-corrected chi connectivity index (χ0v) is 11.6. The molecule has 0 aliphatic rings. The SMILES string of the molecule is Cc1ccc(OCc2cc(-c3ccco3)on2)c([N+](=O)[O-])n1. The lowest BCUT2D eigenvalue weighted by Crippen LogP contribution is -2.01. The van der Waals surface area contributed by atoms with Crippen LogP contribution < -0.4 is 4.74 Å². The van der Waals surface area contributed by atoms with E-state index in [2.05, 4.69) is 10.1 Å². The van der Waals surface area contributed by atoms with Crippen molar-refractivity contribution in [2.45, 2.75) is 13.5 Å². The van der Waals surface area contributed by atoms with Gasteiger partial charge in [0.1, 0.15) is 18.0 Å². The van der Waals surface area contributed by atoms with Crippen LogP contribution in [0, 0.1) is 17.0 Å². The van der Waals surface area contributed by atoms with Gasteiger partial charge in [-0.25, -0.2) is 0 Å². The summed E-state index contributed by atoms with van der Waals surface area (Å²) in [6.07, 6.45) is 1.52. The average molecular weight is 301 g/mol. The predicted octanol–water partition coefficient (Wildman–Crippen LogP) is 3.13. The highest BCUT2D eigenvalue weighted by atomic mass is 16.6. The first-order valence-electron chi connectivity index (χ1n) is 6.38. The molecule has 3 heterocycles. The number of rotatable bonds is 5. The molecule has 3 aromatic heterocycles. The zero-order valence-electron chi connectivity index (χ0n) is 11.6. The van der Waals surface area contributed by atoms with E-state index in [1.54, 1.807) is 31.2 Å². The van der Waals surface area contributed by atoms with Crippen LogP contribution in [0.15, 0.2) is 45.5 Å². The van der Waals surface area contributed by atoms with Gasteiger partial charge in [0, 0.05) is 13.0 Å². The van der Waals surface area contributed by atoms with Crippen LogP contribution in [0.4, 0.5) is 5.82 Å². The molecule has 3 rings (SSSR count). The number of furan rings is 1. The summed E-state index contributed by atoms with van der Waals surface area (Å²) in [5, 5.41) is 14.8. The molecule has 0 amide bonds. The Balaban J connectivity index is 1.74. The highest BCUT2D eigenvalue weighted by molar-refractivity contribution is 5.49. The van der Waals surface area contributed by atoms with E-state index in [1.165, 1.54) is 12.3 Å². The number of nitrogens with zero attached hydrogens (tertiary/aromatic N) is 3. The summed E-state index contributed by atoms with van der Waals surface area (Å²) in [6, 6.07) is 8.26. The lowest BCUT2D eigenvalue weighted by atomic mass is 10.3. The molecule has 0 aliphatic carbocycles. The number of nitro groups is 1. The number of ether oxygens (including phenoxy) is 1. The normalized spacial score (nSPS) is 10.6. The van der Waals surface area contributed by atoms with Crippen LogP contribution in [0.5, 0.6) is 5.75 Å². The van der Waals surface area contributed by atoms with Crippen molar-refractivity contribution in [3.63, 3.8) is 0 Å². The first-order valence-corrected chi connectivity index (χ1v) is 6.38. The van der Waals surface area contributed by atoms with Crippen LogP contribution >= 0.6 is 0 Å². The van der Waals surface area contributed by atoms with E-state index >= 15 is 0 Å². The summed E-state index contributed by atoms with van der Waals surface area (Å²) in [6.45, 7) is 1.69. The van der Waals surface area contributed by atoms with Crippen molar-refractivity contribution in [3.8, 4) is 17.3 Å². The highest BCUT2D eigenvalue weighted by Crippen LogP contribution is 2.26. The second-order valence-electron chi connectivity index (χ2n) is 4.48. The van der Waals surface area contributed by atoms with Crippen LogP contribution in [-0.2, 0) is 6.61 Å². The van der Waals surface area contributed by atoms with Crippen LogP contribution in [0.1, 0.15) is 11.4 Å². The van der Waals surface area contributed by atoms with E-state index in [0.29, 0.717) is 22.9 Å². The summed E-state index contributed by atoms with van der Waals surface area (Å²) in [5.74, 6) is 0.759. The largest absolute Gasteiger partial charge is 0.479 e. The molecule has 0 aliphatic heterocycles. The fourth-order valence-corrected chi connectivity index (χ4v) is 1.84. The van der Waals surface area contributed by atoms with Gasteiger partial charge in [-0.05, 0) is 34.2 Å². The number of hydrogen-bond donors (Lipinski definition) is 0. The van der Waals surface area contributed by atoms with Crippen molar-refractivity contribution in [3.05, 3.63) is 58.1 Å². The third-order valence-electron chi connectivity index (χ3n) is 2.85. The second kappa shape index (κ2) is 5.68. The maximum Gasteiger partial charge on any atom is 0.406 e. The summed E-state index contributed by atoms with van der Waals surface area (Å²) in [5.41, 5.74) is 1.03. The number of pyridine rings is 1. The molecule has 0 fully saturated rings. The van der Waals surface area contributed by atoms with Gasteiger partial charge < -0.3 is 23.8 Å². The Morgan fingerprint density at radius 1 is 1.32 bits per heavy atom. The fourth-order valence-electron chi connectivity index (χ4n) is 1.84. The van der Waals surface area contributed by atoms with E-state index in [0.717, 1.165) is 0 Å². The number of aromatic nitrogens is 2. The topological polar surface area (TPSA) is 104 Å². The summed E-state index contributed by atoms with van der Waals surface area (Å²) in [7, 11) is 0. The molecule has 0 atom stereocenters. The van der Waals surface area contributed by atoms with Crippen LogP contribution in [0.25, 0.3) is 11.5 Å². The smallest absolute Gasteiger partial charge is 0.406 e. The minimum absolute atomic E-state index is 0.0236. The van der Waals surface area contributed by atoms with Crippen LogP contribution in [0.3, 0.4) is 0 Å². The van der Waals surface area contributed by atoms with E-state index in [4.69, 9.17) is 13.7 Å². The van der Waals surface area contributed by atoms with Gasteiger partial charge in [0.15, 0.2) is 5.76 Å². The van der Waals surface area contributed by atoms with Gasteiger partial charge in [-0.2, -0.15) is 0 Å². The second-order valence-corrected chi connectivity index (χ2v) is 4.48. The first kappa shape index (κ1) is 13.8. The fraction of sp³-hybridized carbons (Fsp3) is 0.143. The van der Waals surface area contributed by atoms with Gasteiger partial charge in [0.2, 0.25) is 11.5 Å². The molecule has 8 nitrogen and oxygen atoms in total. The van der Waals surface area contributed by atoms with Gasteiger partial charge in [0.05, 0.1) is 6.26 Å². The summed E-state index contributed by atoms with van der Waals surface area (Å²) in [4.78, 5) is 14.2. The molecule has 0 saturated heterocycles. The Morgan fingerprint density at radius 2 is 2.18 bits per heavy atom. The Morgan fingerprint density at radius 3 is 2.91 bits per heavy atom. The molecule has 8 heteroatoms. The minimum atomic E-state index is -0.584. The lowest BCUT2D eigenvalue weighted by molar-refractivity contribution is -0.390. The molecular formula is C14H11N3O5. The number of aryl methyl sites for hydroxylation is 1. The summed E-state index contributed by atoms with van der Waals surface area (Å²) >= 11 is 0. The van der Waals surface area contributed by atoms with Crippen molar-refractivity contribution >= 4 is 5.82 Å². The highest BCUT2D eigenvalue weighted by Gasteiger charge is 2.18. The molecular weight excluding hydrogens is 290 g/mol. The molecule has 0 bridgehead atoms. The van der Waals surface area contributed by atoms with Gasteiger partial charge >= 0.3 is 5.82 Å². The van der Waals surface area contributed by atoms with Gasteiger partial charge in [0.25, 0.3) is 0 Å². The van der Waals surface area contributed by atoms with Gasteiger partial charge in [-0.1, -0.05) is 5.16 Å². The van der Waals surface area contributed by atoms with E-state index in [9.17, 15) is 10.1 Å². The molecule has 0 spiro atoms. The van der Waals surface area contributed by atoms with Crippen molar-refractivity contribution < 1.29 is 18.6 Å². The lowest BCUT2D eigenvalue weighted by Gasteiger charge is -2.04. The van der Waals surface area contributed by atoms with Gasteiger partial charge in [-0.15, -0.1) is 0 Å². The third kappa shape index (κ3) is 2.80. The van der Waals surface area contributed by atoms with Crippen molar-refractivity contribution in [1.82, 2.24) is 10.1 Å². The Labute approximate surface area is 124 Å². The average Bonchev–Trinajstić information content (AvgIpc) is 3.16. The van der Waals surface area contributed by atoms with Crippen LogP contribution in [0.2, 0.25) is 0 Å². The Kier molecular flexibility index (Phi) is 3.57. The predicted molar refractivity (Wildman–Crippen MR) is 74.2 cm³/mol. The summed E-state index contributed by atoms with van der Waals surface area (Å²) < 4.78 is 15.7. The van der Waals surface area contributed by atoms with Crippen molar-refractivity contribution in [1.29, 1.82) is 0 Å². The monoisotopic (exact) mass is 301 g/mol. The molecule has 22 heavy (non-hydrogen) atoms. The zero-order chi connectivity index (χ0) is 15.5. The van der Waals surface area contributed by atoms with E-state index in [1.807, 2.05) is 0 Å². The maximum absolute atomic E-state index is 11.0. The molecule has 0 aromatic carbocycles. The molecule has 112 valence electrons. The molecule has 0 N–H and O–H groups in total. The molecule has 3 aromatic rings. The Bertz CT molecular complexity index is 795. The van der Waals surface area contributed by atoms with E-state index < -0.39 is 4.92 Å². The number of hydrogen-bond acceptors (Lipinski definition) is 7. The van der Waals surface area contributed by atoms with Crippen LogP contribution in [-0.4, -0.2) is 15.1 Å². The first-order chi connectivity index (χ1) is 10.6. The van der Waals surface area contributed by atoms with Crippen molar-refractivity contribution in [2.24, 2.45) is 0 Å². The molecule has 0 saturated carbocycles. The van der Waals surface area contributed by atoms with E-state index in [-0.39, 0.29) is 18.2 Å². The molecule has 0 unspecified atom stereocenters. The quantitative estimate of drug-likeness (QED) is 0.526. The Hall–Kier alpha value is -3.16.